The van der Waals surface area contributed by atoms with Gasteiger partial charge in [-0.15, -0.1) is 0 Å². The van der Waals surface area contributed by atoms with Gasteiger partial charge in [0.15, 0.2) is 0 Å². The van der Waals surface area contributed by atoms with Gasteiger partial charge in [-0.05, 0) is 26.8 Å². The Morgan fingerprint density at radius 2 is 1.88 bits per heavy atom. The van der Waals surface area contributed by atoms with E-state index in [0.29, 0.717) is 5.02 Å². The molecule has 0 saturated carbocycles. The molecule has 4 heteroatoms. The first-order valence-corrected chi connectivity index (χ1v) is 6.15. The Bertz CT molecular complexity index is 446. The van der Waals surface area contributed by atoms with Crippen LogP contribution in [0.5, 0.6) is 11.5 Å². The lowest BCUT2D eigenvalue weighted by atomic mass is 9.91. The highest BCUT2D eigenvalue weighted by Crippen LogP contribution is 2.45. The van der Waals surface area contributed by atoms with Gasteiger partial charge in [-0.3, -0.25) is 0 Å². The molecule has 0 bridgehead atoms. The van der Waals surface area contributed by atoms with Crippen molar-refractivity contribution in [2.45, 2.75) is 26.3 Å². The lowest BCUT2D eigenvalue weighted by Crippen LogP contribution is -2.29. The van der Waals surface area contributed by atoms with Crippen LogP contribution in [-0.2, 0) is 6.42 Å². The van der Waals surface area contributed by atoms with Crippen LogP contribution in [0.3, 0.4) is 0 Å². The van der Waals surface area contributed by atoms with Crippen LogP contribution in [0.2, 0.25) is 5.02 Å². The van der Waals surface area contributed by atoms with Gasteiger partial charge >= 0.3 is 0 Å². The Morgan fingerprint density at radius 1 is 1.24 bits per heavy atom. The topological polar surface area (TPSA) is 30.5 Å². The highest BCUT2D eigenvalue weighted by atomic mass is 35.5. The summed E-state index contributed by atoms with van der Waals surface area (Å²) in [5, 5.41) is 4.10. The maximum atomic E-state index is 6.34. The molecule has 1 aliphatic rings. The summed E-state index contributed by atoms with van der Waals surface area (Å²) in [6.45, 7) is 5.03. The summed E-state index contributed by atoms with van der Waals surface area (Å²) in [7, 11) is 3.35. The lowest BCUT2D eigenvalue weighted by molar-refractivity contribution is 0.377. The van der Waals surface area contributed by atoms with Crippen LogP contribution >= 0.6 is 11.6 Å². The fourth-order valence-corrected chi connectivity index (χ4v) is 2.84. The molecular weight excluding hydrogens is 238 g/mol. The highest BCUT2D eigenvalue weighted by Gasteiger charge is 2.27. The molecule has 94 valence electrons. The van der Waals surface area contributed by atoms with Gasteiger partial charge in [0, 0.05) is 22.7 Å². The molecule has 1 atom stereocenters. The second-order valence-electron chi connectivity index (χ2n) is 4.32. The Balaban J connectivity index is 2.75. The SMILES string of the molecule is COc1c(Cl)c(C)c(OC)c2c1CCNC2C. The standard InChI is InChI=1S/C13H18ClNO2/c1-7-11(14)13(17-4)9-5-6-15-8(2)10(9)12(7)16-3/h8,15H,5-6H2,1-4H3. The predicted molar refractivity (Wildman–Crippen MR) is 69.4 cm³/mol. The minimum Gasteiger partial charge on any atom is -0.496 e. The molecule has 0 aliphatic carbocycles. The van der Waals surface area contributed by atoms with E-state index in [0.717, 1.165) is 30.0 Å². The van der Waals surface area contributed by atoms with Gasteiger partial charge in [0.05, 0.1) is 19.2 Å². The van der Waals surface area contributed by atoms with Gasteiger partial charge < -0.3 is 14.8 Å². The predicted octanol–water partition coefficient (Wildman–Crippen LogP) is 2.87. The zero-order chi connectivity index (χ0) is 12.6. The van der Waals surface area contributed by atoms with E-state index < -0.39 is 0 Å². The van der Waals surface area contributed by atoms with E-state index in [9.17, 15) is 0 Å². The second kappa shape index (κ2) is 4.75. The fourth-order valence-electron chi connectivity index (χ4n) is 2.56. The molecule has 1 aromatic rings. The Morgan fingerprint density at radius 3 is 2.47 bits per heavy atom. The van der Waals surface area contributed by atoms with Crippen LogP contribution in [0.15, 0.2) is 0 Å². The van der Waals surface area contributed by atoms with Crippen LogP contribution in [0.1, 0.15) is 29.7 Å². The van der Waals surface area contributed by atoms with E-state index in [1.54, 1.807) is 14.2 Å². The normalized spacial score (nSPS) is 18.8. The molecule has 0 aromatic heterocycles. The van der Waals surface area contributed by atoms with Gasteiger partial charge in [-0.25, -0.2) is 0 Å². The van der Waals surface area contributed by atoms with Gasteiger partial charge in [0.25, 0.3) is 0 Å². The number of fused-ring (bicyclic) bond motifs is 1. The Kier molecular flexibility index (Phi) is 3.50. The third kappa shape index (κ3) is 1.87. The van der Waals surface area contributed by atoms with Crippen molar-refractivity contribution >= 4 is 11.6 Å². The largest absolute Gasteiger partial charge is 0.496 e. The fraction of sp³-hybridized carbons (Fsp3) is 0.538. The van der Waals surface area contributed by atoms with E-state index in [1.165, 1.54) is 11.1 Å². The summed E-state index contributed by atoms with van der Waals surface area (Å²) in [6.07, 6.45) is 0.916. The van der Waals surface area contributed by atoms with Crippen molar-refractivity contribution in [3.05, 3.63) is 21.7 Å². The first kappa shape index (κ1) is 12.5. The van der Waals surface area contributed by atoms with Crippen molar-refractivity contribution in [2.75, 3.05) is 20.8 Å². The lowest BCUT2D eigenvalue weighted by Gasteiger charge is -2.29. The third-order valence-electron chi connectivity index (χ3n) is 3.38. The van der Waals surface area contributed by atoms with E-state index in [-0.39, 0.29) is 6.04 Å². The van der Waals surface area contributed by atoms with Crippen LogP contribution in [-0.4, -0.2) is 20.8 Å². The van der Waals surface area contributed by atoms with E-state index in [4.69, 9.17) is 21.1 Å². The number of ether oxygens (including phenoxy) is 2. The summed E-state index contributed by atoms with van der Waals surface area (Å²) in [5.41, 5.74) is 3.30. The molecule has 1 aromatic carbocycles. The number of methoxy groups -OCH3 is 2. The number of benzene rings is 1. The van der Waals surface area contributed by atoms with E-state index in [2.05, 4.69) is 12.2 Å². The zero-order valence-corrected chi connectivity index (χ0v) is 11.4. The van der Waals surface area contributed by atoms with Crippen LogP contribution in [0.25, 0.3) is 0 Å². The van der Waals surface area contributed by atoms with Crippen LogP contribution in [0.4, 0.5) is 0 Å². The molecule has 0 amide bonds. The smallest absolute Gasteiger partial charge is 0.141 e. The van der Waals surface area contributed by atoms with Crippen molar-refractivity contribution in [3.8, 4) is 11.5 Å². The number of rotatable bonds is 2. The molecule has 1 unspecified atom stereocenters. The molecule has 17 heavy (non-hydrogen) atoms. The van der Waals surface area contributed by atoms with Crippen LogP contribution in [0, 0.1) is 6.92 Å². The van der Waals surface area contributed by atoms with Crippen molar-refractivity contribution in [1.29, 1.82) is 0 Å². The monoisotopic (exact) mass is 255 g/mol. The first-order chi connectivity index (χ1) is 8.11. The van der Waals surface area contributed by atoms with Crippen molar-refractivity contribution < 1.29 is 9.47 Å². The minimum atomic E-state index is 0.263. The van der Waals surface area contributed by atoms with Gasteiger partial charge in [0.2, 0.25) is 0 Å². The van der Waals surface area contributed by atoms with Crippen molar-refractivity contribution in [3.63, 3.8) is 0 Å². The number of hydrogen-bond donors (Lipinski definition) is 1. The summed E-state index contributed by atoms with van der Waals surface area (Å²) in [5.74, 6) is 1.68. The minimum absolute atomic E-state index is 0.263. The summed E-state index contributed by atoms with van der Waals surface area (Å²) in [6, 6.07) is 0.263. The summed E-state index contributed by atoms with van der Waals surface area (Å²) in [4.78, 5) is 0. The quantitative estimate of drug-likeness (QED) is 0.882. The first-order valence-electron chi connectivity index (χ1n) is 5.78. The zero-order valence-electron chi connectivity index (χ0n) is 10.7. The molecule has 1 N–H and O–H groups in total. The van der Waals surface area contributed by atoms with E-state index in [1.807, 2.05) is 6.92 Å². The molecule has 3 nitrogen and oxygen atoms in total. The third-order valence-corrected chi connectivity index (χ3v) is 3.83. The van der Waals surface area contributed by atoms with Gasteiger partial charge in [0.1, 0.15) is 11.5 Å². The van der Waals surface area contributed by atoms with Gasteiger partial charge in [-0.2, -0.15) is 0 Å². The number of nitrogens with one attached hydrogen (secondary N) is 1. The average Bonchev–Trinajstić information content (AvgIpc) is 2.32. The maximum Gasteiger partial charge on any atom is 0.141 e. The molecule has 2 rings (SSSR count). The molecule has 0 saturated heterocycles. The molecular formula is C13H18ClNO2. The van der Waals surface area contributed by atoms with Crippen molar-refractivity contribution in [2.24, 2.45) is 0 Å². The molecule has 1 heterocycles. The summed E-state index contributed by atoms with van der Waals surface area (Å²) < 4.78 is 11.0. The molecule has 1 aliphatic heterocycles. The number of halogens is 1. The van der Waals surface area contributed by atoms with Crippen LogP contribution < -0.4 is 14.8 Å². The Hall–Kier alpha value is -0.930. The van der Waals surface area contributed by atoms with Gasteiger partial charge in [-0.1, -0.05) is 11.6 Å². The molecule has 0 radical (unpaired) electrons. The summed E-state index contributed by atoms with van der Waals surface area (Å²) >= 11 is 6.34. The second-order valence-corrected chi connectivity index (χ2v) is 4.70. The number of hydrogen-bond acceptors (Lipinski definition) is 3. The maximum absolute atomic E-state index is 6.34. The Labute approximate surface area is 107 Å². The highest BCUT2D eigenvalue weighted by molar-refractivity contribution is 6.33. The van der Waals surface area contributed by atoms with E-state index >= 15 is 0 Å². The average molecular weight is 256 g/mol. The van der Waals surface area contributed by atoms with Crippen molar-refractivity contribution in [1.82, 2.24) is 5.32 Å². The molecule has 0 fully saturated rings. The molecule has 0 spiro atoms.